The van der Waals surface area contributed by atoms with Gasteiger partial charge in [0.2, 0.25) is 18.2 Å². The highest BCUT2D eigenvalue weighted by molar-refractivity contribution is 6.04. The minimum atomic E-state index is -0.662. The summed E-state index contributed by atoms with van der Waals surface area (Å²) in [6.45, 7) is 4.13. The van der Waals surface area contributed by atoms with E-state index in [0.717, 1.165) is 11.3 Å². The molecule has 22 heavy (non-hydrogen) atoms. The molecule has 0 aliphatic carbocycles. The van der Waals surface area contributed by atoms with Crippen molar-refractivity contribution in [3.63, 3.8) is 0 Å². The van der Waals surface area contributed by atoms with Crippen molar-refractivity contribution in [2.45, 2.75) is 38.6 Å². The minimum absolute atomic E-state index is 0.236. The highest BCUT2D eigenvalue weighted by Crippen LogP contribution is 2.31. The summed E-state index contributed by atoms with van der Waals surface area (Å²) in [6.07, 6.45) is 1.22. The molecule has 1 aromatic rings. The molecule has 1 aliphatic rings. The number of hydrogen-bond acceptors (Lipinski definition) is 4. The standard InChI is InChI=1S/C16H21N3O3/c1-10(2)11-4-5-12(17-3)14(8-11)19(9-20)13-6-7-15(21)18-16(13)22/h4-5,8-10,13,17H,6-7H2,1-3H3,(H,18,21,22). The molecule has 1 heterocycles. The first-order chi connectivity index (χ1) is 10.5. The third-order valence-electron chi connectivity index (χ3n) is 3.90. The van der Waals surface area contributed by atoms with E-state index in [0.29, 0.717) is 24.4 Å². The third kappa shape index (κ3) is 3.10. The Morgan fingerprint density at radius 1 is 1.36 bits per heavy atom. The van der Waals surface area contributed by atoms with Crippen LogP contribution in [0.1, 0.15) is 38.2 Å². The Morgan fingerprint density at radius 3 is 2.64 bits per heavy atom. The fourth-order valence-corrected chi connectivity index (χ4v) is 2.58. The van der Waals surface area contributed by atoms with Gasteiger partial charge in [-0.1, -0.05) is 19.9 Å². The molecule has 6 heteroatoms. The molecule has 0 saturated carbocycles. The number of benzene rings is 1. The second-order valence-corrected chi connectivity index (χ2v) is 5.66. The quantitative estimate of drug-likeness (QED) is 0.640. The van der Waals surface area contributed by atoms with E-state index in [4.69, 9.17) is 0 Å². The number of rotatable bonds is 5. The lowest BCUT2D eigenvalue weighted by atomic mass is 9.99. The number of piperidine rings is 1. The second kappa shape index (κ2) is 6.60. The second-order valence-electron chi connectivity index (χ2n) is 5.66. The summed E-state index contributed by atoms with van der Waals surface area (Å²) in [6, 6.07) is 5.14. The molecule has 0 radical (unpaired) electrons. The van der Waals surface area contributed by atoms with Gasteiger partial charge in [-0.2, -0.15) is 0 Å². The van der Waals surface area contributed by atoms with E-state index in [-0.39, 0.29) is 12.3 Å². The number of nitrogens with zero attached hydrogens (tertiary/aromatic N) is 1. The highest BCUT2D eigenvalue weighted by Gasteiger charge is 2.32. The molecule has 1 aliphatic heterocycles. The predicted molar refractivity (Wildman–Crippen MR) is 84.8 cm³/mol. The van der Waals surface area contributed by atoms with Crippen LogP contribution in [0.5, 0.6) is 0 Å². The van der Waals surface area contributed by atoms with Crippen molar-refractivity contribution in [1.82, 2.24) is 5.32 Å². The molecule has 1 unspecified atom stereocenters. The van der Waals surface area contributed by atoms with Gasteiger partial charge in [-0.25, -0.2) is 0 Å². The van der Waals surface area contributed by atoms with Gasteiger partial charge < -0.3 is 10.2 Å². The van der Waals surface area contributed by atoms with Crippen LogP contribution in [0.25, 0.3) is 0 Å². The Balaban J connectivity index is 2.41. The lowest BCUT2D eigenvalue weighted by molar-refractivity contribution is -0.134. The van der Waals surface area contributed by atoms with Crippen molar-refractivity contribution in [2.24, 2.45) is 0 Å². The first-order valence-corrected chi connectivity index (χ1v) is 7.37. The molecule has 6 nitrogen and oxygen atoms in total. The summed E-state index contributed by atoms with van der Waals surface area (Å²) in [5.41, 5.74) is 2.49. The van der Waals surface area contributed by atoms with E-state index in [1.807, 2.05) is 18.2 Å². The van der Waals surface area contributed by atoms with Crippen LogP contribution in [-0.2, 0) is 14.4 Å². The largest absolute Gasteiger partial charge is 0.386 e. The molecule has 0 bridgehead atoms. The van der Waals surface area contributed by atoms with Crippen LogP contribution in [-0.4, -0.2) is 31.3 Å². The Kier molecular flexibility index (Phi) is 4.80. The number of carbonyl (C=O) groups excluding carboxylic acids is 3. The first-order valence-electron chi connectivity index (χ1n) is 7.37. The van der Waals surface area contributed by atoms with E-state index >= 15 is 0 Å². The van der Waals surface area contributed by atoms with Crippen LogP contribution in [0.4, 0.5) is 11.4 Å². The first kappa shape index (κ1) is 16.0. The van der Waals surface area contributed by atoms with Crippen molar-refractivity contribution in [3.8, 4) is 0 Å². The molecular formula is C16H21N3O3. The van der Waals surface area contributed by atoms with Crippen LogP contribution in [0, 0.1) is 0 Å². The summed E-state index contributed by atoms with van der Waals surface area (Å²) < 4.78 is 0. The molecule has 2 N–H and O–H groups in total. The number of anilines is 2. The van der Waals surface area contributed by atoms with Crippen molar-refractivity contribution in [2.75, 3.05) is 17.3 Å². The zero-order valence-corrected chi connectivity index (χ0v) is 13.1. The third-order valence-corrected chi connectivity index (χ3v) is 3.90. The molecule has 1 atom stereocenters. The lowest BCUT2D eigenvalue weighted by Gasteiger charge is -2.31. The molecule has 1 aromatic carbocycles. The molecule has 0 aromatic heterocycles. The fourth-order valence-electron chi connectivity index (χ4n) is 2.58. The van der Waals surface area contributed by atoms with Crippen molar-refractivity contribution >= 4 is 29.6 Å². The van der Waals surface area contributed by atoms with Gasteiger partial charge in [-0.15, -0.1) is 0 Å². The maximum atomic E-state index is 12.0. The van der Waals surface area contributed by atoms with Crippen molar-refractivity contribution in [1.29, 1.82) is 0 Å². The number of hydrogen-bond donors (Lipinski definition) is 2. The summed E-state index contributed by atoms with van der Waals surface area (Å²) in [5.74, 6) is -0.419. The molecule has 118 valence electrons. The van der Waals surface area contributed by atoms with E-state index < -0.39 is 11.9 Å². The topological polar surface area (TPSA) is 78.5 Å². The lowest BCUT2D eigenvalue weighted by Crippen LogP contribution is -2.52. The maximum Gasteiger partial charge on any atom is 0.249 e. The van der Waals surface area contributed by atoms with Crippen LogP contribution in [0.2, 0.25) is 0 Å². The van der Waals surface area contributed by atoms with Gasteiger partial charge in [0.1, 0.15) is 6.04 Å². The van der Waals surface area contributed by atoms with Gasteiger partial charge in [0, 0.05) is 13.5 Å². The molecule has 2 rings (SSSR count). The van der Waals surface area contributed by atoms with Gasteiger partial charge in [0.15, 0.2) is 0 Å². The Morgan fingerprint density at radius 2 is 2.09 bits per heavy atom. The van der Waals surface area contributed by atoms with E-state index in [2.05, 4.69) is 24.5 Å². The Bertz CT molecular complexity index is 598. The Hall–Kier alpha value is -2.37. The summed E-state index contributed by atoms with van der Waals surface area (Å²) in [4.78, 5) is 36.3. The predicted octanol–water partition coefficient (Wildman–Crippen LogP) is 1.62. The van der Waals surface area contributed by atoms with Crippen LogP contribution < -0.4 is 15.5 Å². The molecular weight excluding hydrogens is 282 g/mol. The maximum absolute atomic E-state index is 12.0. The van der Waals surface area contributed by atoms with Gasteiger partial charge in [0.05, 0.1) is 11.4 Å². The van der Waals surface area contributed by atoms with Gasteiger partial charge in [-0.3, -0.25) is 19.7 Å². The number of nitrogens with one attached hydrogen (secondary N) is 2. The highest BCUT2D eigenvalue weighted by atomic mass is 16.2. The average molecular weight is 303 g/mol. The molecule has 3 amide bonds. The summed E-state index contributed by atoms with van der Waals surface area (Å²) in [7, 11) is 1.77. The SMILES string of the molecule is CNc1ccc(C(C)C)cc1N(C=O)C1CCC(=O)NC1=O. The molecule has 1 fully saturated rings. The molecule has 1 saturated heterocycles. The summed E-state index contributed by atoms with van der Waals surface area (Å²) in [5, 5.41) is 5.33. The average Bonchev–Trinajstić information content (AvgIpc) is 2.49. The smallest absolute Gasteiger partial charge is 0.249 e. The van der Waals surface area contributed by atoms with Crippen LogP contribution in [0.3, 0.4) is 0 Å². The van der Waals surface area contributed by atoms with Crippen LogP contribution >= 0.6 is 0 Å². The van der Waals surface area contributed by atoms with Gasteiger partial charge in [0.25, 0.3) is 0 Å². The fraction of sp³-hybridized carbons (Fsp3) is 0.438. The van der Waals surface area contributed by atoms with Crippen molar-refractivity contribution < 1.29 is 14.4 Å². The van der Waals surface area contributed by atoms with Crippen LogP contribution in [0.15, 0.2) is 18.2 Å². The van der Waals surface area contributed by atoms with Gasteiger partial charge >= 0.3 is 0 Å². The normalized spacial score (nSPS) is 18.1. The Labute approximate surface area is 129 Å². The zero-order chi connectivity index (χ0) is 16.3. The van der Waals surface area contributed by atoms with E-state index in [1.54, 1.807) is 7.05 Å². The summed E-state index contributed by atoms with van der Waals surface area (Å²) >= 11 is 0. The zero-order valence-electron chi connectivity index (χ0n) is 13.1. The monoisotopic (exact) mass is 303 g/mol. The van der Waals surface area contributed by atoms with Gasteiger partial charge in [-0.05, 0) is 30.0 Å². The van der Waals surface area contributed by atoms with E-state index in [1.165, 1.54) is 4.90 Å². The number of amides is 3. The van der Waals surface area contributed by atoms with E-state index in [9.17, 15) is 14.4 Å². The number of carbonyl (C=O) groups is 3. The number of imide groups is 1. The van der Waals surface area contributed by atoms with Crippen molar-refractivity contribution in [3.05, 3.63) is 23.8 Å². The minimum Gasteiger partial charge on any atom is -0.386 e. The molecule has 0 spiro atoms.